The summed E-state index contributed by atoms with van der Waals surface area (Å²) >= 11 is 10.8. The summed E-state index contributed by atoms with van der Waals surface area (Å²) in [4.78, 5) is 0.0713. The van der Waals surface area contributed by atoms with Crippen molar-refractivity contribution in [3.8, 4) is 0 Å². The van der Waals surface area contributed by atoms with Crippen LogP contribution in [0.25, 0.3) is 0 Å². The van der Waals surface area contributed by atoms with E-state index in [0.29, 0.717) is 4.58 Å². The SMILES string of the molecule is CCCCC(Cl)(CC)C1SCCS1. The molecule has 0 bridgehead atoms. The fraction of sp³-hybridized carbons (Fsp3) is 1.00. The minimum absolute atomic E-state index is 0.0713. The van der Waals surface area contributed by atoms with E-state index in [1.165, 1.54) is 30.8 Å². The van der Waals surface area contributed by atoms with E-state index in [1.54, 1.807) is 0 Å². The average molecular weight is 239 g/mol. The summed E-state index contributed by atoms with van der Waals surface area (Å²) in [6.07, 6.45) is 4.83. The highest BCUT2D eigenvalue weighted by Crippen LogP contribution is 2.46. The van der Waals surface area contributed by atoms with Crippen molar-refractivity contribution in [1.29, 1.82) is 0 Å². The molecule has 1 unspecified atom stereocenters. The summed E-state index contributed by atoms with van der Waals surface area (Å²) in [6.45, 7) is 4.46. The van der Waals surface area contributed by atoms with Crippen molar-refractivity contribution >= 4 is 35.1 Å². The van der Waals surface area contributed by atoms with Gasteiger partial charge in [0.25, 0.3) is 0 Å². The van der Waals surface area contributed by atoms with Gasteiger partial charge in [-0.05, 0) is 12.8 Å². The van der Waals surface area contributed by atoms with Crippen molar-refractivity contribution in [3.63, 3.8) is 0 Å². The molecule has 1 aliphatic heterocycles. The fourth-order valence-corrected chi connectivity index (χ4v) is 5.43. The van der Waals surface area contributed by atoms with Crippen LogP contribution in [0.2, 0.25) is 0 Å². The van der Waals surface area contributed by atoms with Gasteiger partial charge in [0.1, 0.15) is 0 Å². The Balaban J connectivity index is 2.45. The molecule has 0 amide bonds. The van der Waals surface area contributed by atoms with E-state index in [2.05, 4.69) is 37.4 Å². The van der Waals surface area contributed by atoms with Crippen molar-refractivity contribution in [2.75, 3.05) is 11.5 Å². The Morgan fingerprint density at radius 1 is 1.31 bits per heavy atom. The first-order chi connectivity index (χ1) is 6.23. The van der Waals surface area contributed by atoms with E-state index in [4.69, 9.17) is 11.6 Å². The number of halogens is 1. The second-order valence-corrected chi connectivity index (χ2v) is 7.04. The van der Waals surface area contributed by atoms with Crippen LogP contribution in [0.15, 0.2) is 0 Å². The average Bonchev–Trinajstić information content (AvgIpc) is 2.67. The van der Waals surface area contributed by atoms with E-state index in [9.17, 15) is 0 Å². The maximum absolute atomic E-state index is 6.67. The minimum atomic E-state index is 0.0713. The standard InChI is InChI=1S/C10H19ClS2/c1-3-5-6-10(11,4-2)9-12-7-8-13-9/h9H,3-8H2,1-2H3. The summed E-state index contributed by atoms with van der Waals surface area (Å²) in [6, 6.07) is 0. The molecule has 1 atom stereocenters. The topological polar surface area (TPSA) is 0 Å². The minimum Gasteiger partial charge on any atom is -0.145 e. The van der Waals surface area contributed by atoms with E-state index in [0.717, 1.165) is 6.42 Å². The number of rotatable bonds is 5. The molecular formula is C10H19ClS2. The third-order valence-electron chi connectivity index (χ3n) is 2.58. The Kier molecular flexibility index (Phi) is 5.35. The molecule has 0 saturated carbocycles. The lowest BCUT2D eigenvalue weighted by Gasteiger charge is -2.30. The molecule has 1 rings (SSSR count). The molecule has 1 aliphatic rings. The summed E-state index contributed by atoms with van der Waals surface area (Å²) in [5.74, 6) is 2.58. The Hall–Kier alpha value is 0.990. The van der Waals surface area contributed by atoms with Crippen LogP contribution in [0, 0.1) is 0 Å². The number of hydrogen-bond donors (Lipinski definition) is 0. The third-order valence-corrected chi connectivity index (χ3v) is 6.97. The van der Waals surface area contributed by atoms with Crippen molar-refractivity contribution in [1.82, 2.24) is 0 Å². The third kappa shape index (κ3) is 3.24. The van der Waals surface area contributed by atoms with E-state index in [-0.39, 0.29) is 4.87 Å². The van der Waals surface area contributed by atoms with E-state index < -0.39 is 0 Å². The fourth-order valence-electron chi connectivity index (χ4n) is 1.59. The van der Waals surface area contributed by atoms with Gasteiger partial charge in [-0.1, -0.05) is 26.7 Å². The summed E-state index contributed by atoms with van der Waals surface area (Å²) in [7, 11) is 0. The molecule has 0 aromatic rings. The Morgan fingerprint density at radius 2 is 1.92 bits per heavy atom. The second kappa shape index (κ2) is 5.77. The zero-order chi connectivity index (χ0) is 9.73. The number of alkyl halides is 1. The second-order valence-electron chi connectivity index (χ2n) is 3.57. The first-order valence-corrected chi connectivity index (χ1v) is 7.62. The lowest BCUT2D eigenvalue weighted by Crippen LogP contribution is -2.30. The van der Waals surface area contributed by atoms with Crippen LogP contribution in [0.1, 0.15) is 39.5 Å². The predicted molar refractivity (Wildman–Crippen MR) is 67.1 cm³/mol. The van der Waals surface area contributed by atoms with Gasteiger partial charge in [-0.2, -0.15) is 0 Å². The predicted octanol–water partition coefficient (Wildman–Crippen LogP) is 4.37. The van der Waals surface area contributed by atoms with Crippen molar-refractivity contribution in [2.45, 2.75) is 49.0 Å². The van der Waals surface area contributed by atoms with Crippen LogP contribution in [-0.2, 0) is 0 Å². The molecule has 13 heavy (non-hydrogen) atoms. The molecule has 0 aliphatic carbocycles. The van der Waals surface area contributed by atoms with E-state index in [1.807, 2.05) is 0 Å². The van der Waals surface area contributed by atoms with Gasteiger partial charge >= 0.3 is 0 Å². The van der Waals surface area contributed by atoms with Crippen molar-refractivity contribution in [2.24, 2.45) is 0 Å². The maximum Gasteiger partial charge on any atom is 0.0694 e. The van der Waals surface area contributed by atoms with Gasteiger partial charge < -0.3 is 0 Å². The van der Waals surface area contributed by atoms with Crippen LogP contribution in [0.5, 0.6) is 0 Å². The van der Waals surface area contributed by atoms with Crippen molar-refractivity contribution in [3.05, 3.63) is 0 Å². The molecule has 0 aromatic heterocycles. The van der Waals surface area contributed by atoms with Crippen LogP contribution in [0.3, 0.4) is 0 Å². The molecule has 0 N–H and O–H groups in total. The normalized spacial score (nSPS) is 23.3. The zero-order valence-electron chi connectivity index (χ0n) is 8.51. The number of hydrogen-bond acceptors (Lipinski definition) is 2. The van der Waals surface area contributed by atoms with Gasteiger partial charge in [0.05, 0.1) is 9.46 Å². The van der Waals surface area contributed by atoms with Gasteiger partial charge in [-0.15, -0.1) is 35.1 Å². The zero-order valence-corrected chi connectivity index (χ0v) is 10.9. The highest BCUT2D eigenvalue weighted by molar-refractivity contribution is 8.20. The molecule has 0 spiro atoms. The molecule has 0 nitrogen and oxygen atoms in total. The molecule has 1 fully saturated rings. The van der Waals surface area contributed by atoms with E-state index >= 15 is 0 Å². The molecule has 0 radical (unpaired) electrons. The van der Waals surface area contributed by atoms with Crippen molar-refractivity contribution < 1.29 is 0 Å². The maximum atomic E-state index is 6.67. The monoisotopic (exact) mass is 238 g/mol. The Bertz CT molecular complexity index is 146. The molecule has 3 heteroatoms. The summed E-state index contributed by atoms with van der Waals surface area (Å²) < 4.78 is 0.644. The number of thioether (sulfide) groups is 2. The lowest BCUT2D eigenvalue weighted by atomic mass is 10.0. The first-order valence-electron chi connectivity index (χ1n) is 5.15. The highest BCUT2D eigenvalue weighted by Gasteiger charge is 2.37. The van der Waals surface area contributed by atoms with Gasteiger partial charge in [-0.3, -0.25) is 0 Å². The van der Waals surface area contributed by atoms with Crippen LogP contribution in [-0.4, -0.2) is 21.0 Å². The smallest absolute Gasteiger partial charge is 0.0694 e. The van der Waals surface area contributed by atoms with Crippen LogP contribution in [0.4, 0.5) is 0 Å². The molecule has 78 valence electrons. The van der Waals surface area contributed by atoms with Gasteiger partial charge in [0.15, 0.2) is 0 Å². The largest absolute Gasteiger partial charge is 0.145 e. The van der Waals surface area contributed by atoms with Crippen LogP contribution >= 0.6 is 35.1 Å². The first kappa shape index (κ1) is 12.1. The molecule has 1 saturated heterocycles. The summed E-state index contributed by atoms with van der Waals surface area (Å²) in [5.41, 5.74) is 0. The lowest BCUT2D eigenvalue weighted by molar-refractivity contribution is 0.522. The van der Waals surface area contributed by atoms with Gasteiger partial charge in [0.2, 0.25) is 0 Å². The Labute approximate surface area is 95.6 Å². The highest BCUT2D eigenvalue weighted by atomic mass is 35.5. The number of unbranched alkanes of at least 4 members (excludes halogenated alkanes) is 1. The molecular weight excluding hydrogens is 220 g/mol. The van der Waals surface area contributed by atoms with Gasteiger partial charge in [-0.25, -0.2) is 0 Å². The van der Waals surface area contributed by atoms with Gasteiger partial charge in [0, 0.05) is 11.5 Å². The molecule has 1 heterocycles. The van der Waals surface area contributed by atoms with Crippen LogP contribution < -0.4 is 0 Å². The Morgan fingerprint density at radius 3 is 2.38 bits per heavy atom. The quantitative estimate of drug-likeness (QED) is 0.653. The molecule has 0 aromatic carbocycles. The summed E-state index contributed by atoms with van der Waals surface area (Å²) in [5, 5.41) is 0.